The van der Waals surface area contributed by atoms with Gasteiger partial charge in [-0.2, -0.15) is 0 Å². The fourth-order valence-corrected chi connectivity index (χ4v) is 2.56. The molecule has 0 radical (unpaired) electrons. The van der Waals surface area contributed by atoms with Crippen molar-refractivity contribution in [2.75, 3.05) is 18.9 Å². The average Bonchev–Trinajstić information content (AvgIpc) is 2.26. The average molecular weight is 262 g/mol. The summed E-state index contributed by atoms with van der Waals surface area (Å²) < 4.78 is 0. The molecule has 0 saturated carbocycles. The largest absolute Gasteiger partial charge is 0.389 e. The number of likely N-dealkylation sites (N-methyl/N-ethyl adjacent to an activating group) is 1. The number of amides is 1. The molecule has 0 aromatic heterocycles. The normalized spacial score (nSPS) is 15.3. The van der Waals surface area contributed by atoms with Crippen LogP contribution in [0.1, 0.15) is 31.4 Å². The molecule has 4 nitrogen and oxygen atoms in total. The molecule has 2 N–H and O–H groups in total. The summed E-state index contributed by atoms with van der Waals surface area (Å²) in [6.07, 6.45) is 1.38. The molecule has 4 heteroatoms. The number of aryl methyl sites for hydroxylation is 1. The van der Waals surface area contributed by atoms with E-state index in [-0.39, 0.29) is 5.91 Å². The first kappa shape index (κ1) is 14.0. The minimum Gasteiger partial charge on any atom is -0.389 e. The second kappa shape index (κ2) is 5.31. The number of hydrogen-bond donors (Lipinski definition) is 2. The maximum absolute atomic E-state index is 11.3. The van der Waals surface area contributed by atoms with Crippen molar-refractivity contribution in [2.24, 2.45) is 0 Å². The van der Waals surface area contributed by atoms with Crippen LogP contribution >= 0.6 is 0 Å². The van der Waals surface area contributed by atoms with E-state index >= 15 is 0 Å². The molecule has 2 rings (SSSR count). The van der Waals surface area contributed by atoms with Crippen molar-refractivity contribution in [1.82, 2.24) is 4.90 Å². The number of nitrogens with zero attached hydrogens (tertiary/aromatic N) is 1. The Kier molecular flexibility index (Phi) is 3.92. The molecular weight excluding hydrogens is 240 g/mol. The Morgan fingerprint density at radius 2 is 2.11 bits per heavy atom. The molecule has 0 unspecified atom stereocenters. The molecule has 1 aliphatic heterocycles. The van der Waals surface area contributed by atoms with Crippen LogP contribution in [0.3, 0.4) is 0 Å². The monoisotopic (exact) mass is 262 g/mol. The van der Waals surface area contributed by atoms with Gasteiger partial charge in [0.05, 0.1) is 5.60 Å². The molecule has 0 atom stereocenters. The first-order chi connectivity index (χ1) is 8.83. The summed E-state index contributed by atoms with van der Waals surface area (Å²) in [6, 6.07) is 6.15. The summed E-state index contributed by atoms with van der Waals surface area (Å²) in [5.74, 6) is 0.0967. The van der Waals surface area contributed by atoms with Crippen molar-refractivity contribution in [3.63, 3.8) is 0 Å². The van der Waals surface area contributed by atoms with Crippen molar-refractivity contribution in [2.45, 2.75) is 38.8 Å². The molecular formula is C15H22N2O2. The van der Waals surface area contributed by atoms with Gasteiger partial charge in [-0.3, -0.25) is 9.69 Å². The Balaban J connectivity index is 2.04. The van der Waals surface area contributed by atoms with Crippen molar-refractivity contribution >= 4 is 11.6 Å². The fourth-order valence-electron chi connectivity index (χ4n) is 2.56. The molecule has 0 fully saturated rings. The van der Waals surface area contributed by atoms with Gasteiger partial charge in [0.25, 0.3) is 0 Å². The SMILES string of the molecule is CN(Cc1ccc2c(c1)CCC(=O)N2)CC(C)(C)O. The van der Waals surface area contributed by atoms with Gasteiger partial charge in [0, 0.05) is 25.2 Å². The number of nitrogens with one attached hydrogen (secondary N) is 1. The summed E-state index contributed by atoms with van der Waals surface area (Å²) in [6.45, 7) is 5.05. The number of carbonyl (C=O) groups is 1. The highest BCUT2D eigenvalue weighted by atomic mass is 16.3. The second-order valence-corrected chi connectivity index (χ2v) is 6.02. The van der Waals surface area contributed by atoms with Crippen LogP contribution in [0, 0.1) is 0 Å². The zero-order chi connectivity index (χ0) is 14.0. The van der Waals surface area contributed by atoms with Crippen LogP contribution in [0.4, 0.5) is 5.69 Å². The molecule has 1 aromatic rings. The van der Waals surface area contributed by atoms with Crippen LogP contribution in [0.25, 0.3) is 0 Å². The molecule has 1 aliphatic rings. The lowest BCUT2D eigenvalue weighted by Gasteiger charge is -2.26. The highest BCUT2D eigenvalue weighted by molar-refractivity contribution is 5.93. The lowest BCUT2D eigenvalue weighted by Crippen LogP contribution is -2.35. The zero-order valence-corrected chi connectivity index (χ0v) is 11.9. The summed E-state index contributed by atoms with van der Waals surface area (Å²) >= 11 is 0. The summed E-state index contributed by atoms with van der Waals surface area (Å²) in [5.41, 5.74) is 2.66. The van der Waals surface area contributed by atoms with E-state index in [1.807, 2.05) is 33.0 Å². The molecule has 104 valence electrons. The molecule has 0 spiro atoms. The first-order valence-electron chi connectivity index (χ1n) is 6.66. The smallest absolute Gasteiger partial charge is 0.224 e. The van der Waals surface area contributed by atoms with E-state index in [9.17, 15) is 9.90 Å². The zero-order valence-electron chi connectivity index (χ0n) is 11.9. The van der Waals surface area contributed by atoms with E-state index in [1.54, 1.807) is 0 Å². The maximum atomic E-state index is 11.3. The lowest BCUT2D eigenvalue weighted by molar-refractivity contribution is -0.116. The molecule has 19 heavy (non-hydrogen) atoms. The van der Waals surface area contributed by atoms with Crippen LogP contribution in [-0.2, 0) is 17.8 Å². The Morgan fingerprint density at radius 3 is 2.79 bits per heavy atom. The van der Waals surface area contributed by atoms with Gasteiger partial charge in [0.15, 0.2) is 0 Å². The summed E-state index contributed by atoms with van der Waals surface area (Å²) in [7, 11) is 2.00. The van der Waals surface area contributed by atoms with Gasteiger partial charge in [0.2, 0.25) is 5.91 Å². The van der Waals surface area contributed by atoms with Crippen LogP contribution in [0.15, 0.2) is 18.2 Å². The van der Waals surface area contributed by atoms with E-state index in [0.29, 0.717) is 13.0 Å². The third kappa shape index (κ3) is 4.04. The van der Waals surface area contributed by atoms with Gasteiger partial charge in [-0.25, -0.2) is 0 Å². The van der Waals surface area contributed by atoms with Crippen LogP contribution < -0.4 is 5.32 Å². The predicted octanol–water partition coefficient (Wildman–Crippen LogP) is 1.77. The minimum absolute atomic E-state index is 0.0967. The first-order valence-corrected chi connectivity index (χ1v) is 6.66. The Morgan fingerprint density at radius 1 is 1.37 bits per heavy atom. The number of anilines is 1. The maximum Gasteiger partial charge on any atom is 0.224 e. The van der Waals surface area contributed by atoms with E-state index in [4.69, 9.17) is 0 Å². The van der Waals surface area contributed by atoms with Gasteiger partial charge in [-0.1, -0.05) is 12.1 Å². The molecule has 0 bridgehead atoms. The van der Waals surface area contributed by atoms with Gasteiger partial charge in [-0.15, -0.1) is 0 Å². The van der Waals surface area contributed by atoms with Gasteiger partial charge < -0.3 is 10.4 Å². The molecule has 1 amide bonds. The van der Waals surface area contributed by atoms with Crippen LogP contribution in [0.2, 0.25) is 0 Å². The molecule has 0 saturated heterocycles. The summed E-state index contributed by atoms with van der Waals surface area (Å²) in [5, 5.41) is 12.7. The van der Waals surface area contributed by atoms with Gasteiger partial charge in [0.1, 0.15) is 0 Å². The van der Waals surface area contributed by atoms with E-state index in [2.05, 4.69) is 16.3 Å². The number of carbonyl (C=O) groups excluding carboxylic acids is 1. The lowest BCUT2D eigenvalue weighted by atomic mass is 10.00. The number of benzene rings is 1. The number of hydrogen-bond acceptors (Lipinski definition) is 3. The van der Waals surface area contributed by atoms with E-state index in [1.165, 1.54) is 11.1 Å². The summed E-state index contributed by atoms with van der Waals surface area (Å²) in [4.78, 5) is 13.4. The second-order valence-electron chi connectivity index (χ2n) is 6.02. The third-order valence-electron chi connectivity index (χ3n) is 3.17. The van der Waals surface area contributed by atoms with Crippen molar-refractivity contribution in [3.05, 3.63) is 29.3 Å². The van der Waals surface area contributed by atoms with Crippen molar-refractivity contribution in [1.29, 1.82) is 0 Å². The molecule has 0 aliphatic carbocycles. The predicted molar refractivity (Wildman–Crippen MR) is 76.0 cm³/mol. The molecule has 1 heterocycles. The van der Waals surface area contributed by atoms with Crippen molar-refractivity contribution < 1.29 is 9.90 Å². The Bertz CT molecular complexity index is 478. The Hall–Kier alpha value is -1.39. The number of fused-ring (bicyclic) bond motifs is 1. The van der Waals surface area contributed by atoms with E-state index in [0.717, 1.165) is 18.7 Å². The van der Waals surface area contributed by atoms with Crippen molar-refractivity contribution in [3.8, 4) is 0 Å². The van der Waals surface area contributed by atoms with E-state index < -0.39 is 5.60 Å². The highest BCUT2D eigenvalue weighted by Crippen LogP contribution is 2.24. The fraction of sp³-hybridized carbons (Fsp3) is 0.533. The topological polar surface area (TPSA) is 52.6 Å². The molecule has 1 aromatic carbocycles. The minimum atomic E-state index is -0.684. The third-order valence-corrected chi connectivity index (χ3v) is 3.17. The highest BCUT2D eigenvalue weighted by Gasteiger charge is 2.17. The standard InChI is InChI=1S/C15H22N2O2/c1-15(2,19)10-17(3)9-11-4-6-13-12(8-11)5-7-14(18)16-13/h4,6,8,19H,5,7,9-10H2,1-3H3,(H,16,18). The van der Waals surface area contributed by atoms with Crippen LogP contribution in [0.5, 0.6) is 0 Å². The number of aliphatic hydroxyl groups is 1. The van der Waals surface area contributed by atoms with Crippen LogP contribution in [-0.4, -0.2) is 35.1 Å². The quantitative estimate of drug-likeness (QED) is 0.869. The van der Waals surface area contributed by atoms with Gasteiger partial charge >= 0.3 is 0 Å². The Labute approximate surface area is 114 Å². The number of rotatable bonds is 4. The van der Waals surface area contributed by atoms with Gasteiger partial charge in [-0.05, 0) is 44.5 Å².